The quantitative estimate of drug-likeness (QED) is 0.677. The standard InChI is InChI=1S/C17H14O4S2/c1-23(19,20)14-6-4-5-12(9-14)17(18)21-10-13-11-22-16-8-3-2-7-15(13)16/h2-9,11H,10H2,1H3. The summed E-state index contributed by atoms with van der Waals surface area (Å²) in [6.45, 7) is 0.159. The predicted octanol–water partition coefficient (Wildman–Crippen LogP) is 3.66. The summed E-state index contributed by atoms with van der Waals surface area (Å²) in [5.74, 6) is -0.536. The Morgan fingerprint density at radius 3 is 2.70 bits per heavy atom. The van der Waals surface area contributed by atoms with Crippen LogP contribution >= 0.6 is 11.3 Å². The molecule has 0 radical (unpaired) electrons. The van der Waals surface area contributed by atoms with Gasteiger partial charge in [0.25, 0.3) is 0 Å². The lowest BCUT2D eigenvalue weighted by Gasteiger charge is -2.06. The van der Waals surface area contributed by atoms with Gasteiger partial charge >= 0.3 is 5.97 Å². The third-order valence-electron chi connectivity index (χ3n) is 3.42. The number of ether oxygens (including phenoxy) is 1. The molecule has 0 unspecified atom stereocenters. The van der Waals surface area contributed by atoms with E-state index in [0.717, 1.165) is 21.9 Å². The summed E-state index contributed by atoms with van der Waals surface area (Å²) in [5.41, 5.74) is 1.17. The van der Waals surface area contributed by atoms with Crippen LogP contribution in [0.1, 0.15) is 15.9 Å². The maximum Gasteiger partial charge on any atom is 0.338 e. The zero-order valence-corrected chi connectivity index (χ0v) is 14.0. The Hall–Kier alpha value is -2.18. The van der Waals surface area contributed by atoms with Gasteiger partial charge in [-0.15, -0.1) is 11.3 Å². The highest BCUT2D eigenvalue weighted by Crippen LogP contribution is 2.26. The minimum Gasteiger partial charge on any atom is -0.457 e. The summed E-state index contributed by atoms with van der Waals surface area (Å²) in [7, 11) is -3.35. The normalized spacial score (nSPS) is 11.5. The summed E-state index contributed by atoms with van der Waals surface area (Å²) in [4.78, 5) is 12.2. The van der Waals surface area contributed by atoms with E-state index in [0.29, 0.717) is 0 Å². The Bertz CT molecular complexity index is 971. The SMILES string of the molecule is CS(=O)(=O)c1cccc(C(=O)OCc2csc3ccccc23)c1. The Kier molecular flexibility index (Phi) is 4.19. The van der Waals surface area contributed by atoms with Gasteiger partial charge in [-0.05, 0) is 35.0 Å². The van der Waals surface area contributed by atoms with Crippen LogP contribution < -0.4 is 0 Å². The molecule has 3 rings (SSSR count). The van der Waals surface area contributed by atoms with Crippen molar-refractivity contribution in [3.63, 3.8) is 0 Å². The van der Waals surface area contributed by atoms with Crippen LogP contribution in [-0.2, 0) is 21.2 Å². The summed E-state index contributed by atoms with van der Waals surface area (Å²) < 4.78 is 29.6. The van der Waals surface area contributed by atoms with E-state index in [4.69, 9.17) is 4.74 Å². The lowest BCUT2D eigenvalue weighted by molar-refractivity contribution is 0.0474. The van der Waals surface area contributed by atoms with Crippen LogP contribution in [-0.4, -0.2) is 20.6 Å². The summed E-state index contributed by atoms with van der Waals surface area (Å²) in [6.07, 6.45) is 1.11. The van der Waals surface area contributed by atoms with Crippen molar-refractivity contribution in [1.29, 1.82) is 0 Å². The van der Waals surface area contributed by atoms with Gasteiger partial charge in [0.1, 0.15) is 6.61 Å². The number of benzene rings is 2. The van der Waals surface area contributed by atoms with Gasteiger partial charge in [-0.2, -0.15) is 0 Å². The van der Waals surface area contributed by atoms with E-state index >= 15 is 0 Å². The van der Waals surface area contributed by atoms with Gasteiger partial charge in [-0.3, -0.25) is 0 Å². The van der Waals surface area contributed by atoms with Crippen LogP contribution in [0.15, 0.2) is 58.8 Å². The van der Waals surface area contributed by atoms with Gasteiger partial charge in [-0.25, -0.2) is 13.2 Å². The third kappa shape index (κ3) is 3.43. The molecule has 4 nitrogen and oxygen atoms in total. The topological polar surface area (TPSA) is 60.4 Å². The van der Waals surface area contributed by atoms with E-state index < -0.39 is 15.8 Å². The molecular formula is C17H14O4S2. The van der Waals surface area contributed by atoms with Crippen molar-refractivity contribution in [3.05, 3.63) is 65.0 Å². The number of fused-ring (bicyclic) bond motifs is 1. The largest absolute Gasteiger partial charge is 0.457 e. The average molecular weight is 346 g/mol. The van der Waals surface area contributed by atoms with Crippen LogP contribution in [0.2, 0.25) is 0 Å². The molecule has 0 aliphatic carbocycles. The zero-order chi connectivity index (χ0) is 16.4. The predicted molar refractivity (Wildman–Crippen MR) is 90.5 cm³/mol. The fourth-order valence-electron chi connectivity index (χ4n) is 2.22. The number of rotatable bonds is 4. The molecule has 0 aliphatic heterocycles. The second kappa shape index (κ2) is 6.14. The number of sulfone groups is 1. The summed E-state index contributed by atoms with van der Waals surface area (Å²) in [6, 6.07) is 13.8. The number of carbonyl (C=O) groups is 1. The molecule has 3 aromatic rings. The highest BCUT2D eigenvalue weighted by atomic mass is 32.2. The van der Waals surface area contributed by atoms with Crippen molar-refractivity contribution in [1.82, 2.24) is 0 Å². The fourth-order valence-corrected chi connectivity index (χ4v) is 3.84. The first-order valence-electron chi connectivity index (χ1n) is 6.87. The van der Waals surface area contributed by atoms with Crippen molar-refractivity contribution in [2.75, 3.05) is 6.26 Å². The molecule has 0 bridgehead atoms. The Labute approximate surface area is 138 Å². The van der Waals surface area contributed by atoms with Crippen LogP contribution in [0, 0.1) is 0 Å². The molecule has 2 aromatic carbocycles. The molecule has 0 spiro atoms. The first-order valence-corrected chi connectivity index (χ1v) is 9.64. The molecule has 1 aromatic heterocycles. The minimum absolute atomic E-state index is 0.105. The fraction of sp³-hybridized carbons (Fsp3) is 0.118. The van der Waals surface area contributed by atoms with Crippen molar-refractivity contribution in [2.24, 2.45) is 0 Å². The Balaban J connectivity index is 1.77. The van der Waals surface area contributed by atoms with E-state index in [1.165, 1.54) is 18.2 Å². The highest BCUT2D eigenvalue weighted by molar-refractivity contribution is 7.90. The maximum atomic E-state index is 12.1. The number of hydrogen-bond donors (Lipinski definition) is 0. The van der Waals surface area contributed by atoms with E-state index in [1.54, 1.807) is 17.4 Å². The highest BCUT2D eigenvalue weighted by Gasteiger charge is 2.13. The van der Waals surface area contributed by atoms with Gasteiger partial charge in [-0.1, -0.05) is 24.3 Å². The summed E-state index contributed by atoms with van der Waals surface area (Å²) in [5, 5.41) is 3.03. The van der Waals surface area contributed by atoms with E-state index in [-0.39, 0.29) is 17.1 Å². The molecule has 0 saturated heterocycles. The van der Waals surface area contributed by atoms with Gasteiger partial charge in [0, 0.05) is 16.5 Å². The molecule has 0 fully saturated rings. The molecule has 6 heteroatoms. The zero-order valence-electron chi connectivity index (χ0n) is 12.4. The first kappa shape index (κ1) is 15.7. The minimum atomic E-state index is -3.35. The smallest absolute Gasteiger partial charge is 0.338 e. The van der Waals surface area contributed by atoms with Gasteiger partial charge in [0.05, 0.1) is 10.5 Å². The van der Waals surface area contributed by atoms with Gasteiger partial charge in [0.2, 0.25) is 0 Å². The Morgan fingerprint density at radius 1 is 1.13 bits per heavy atom. The van der Waals surface area contributed by atoms with Crippen LogP contribution in [0.3, 0.4) is 0 Å². The van der Waals surface area contributed by atoms with Crippen LogP contribution in [0.4, 0.5) is 0 Å². The first-order chi connectivity index (χ1) is 10.9. The lowest BCUT2D eigenvalue weighted by Crippen LogP contribution is -2.06. The number of thiophene rings is 1. The summed E-state index contributed by atoms with van der Waals surface area (Å²) >= 11 is 1.60. The molecule has 0 saturated carbocycles. The molecule has 118 valence electrons. The van der Waals surface area contributed by atoms with Crippen LogP contribution in [0.5, 0.6) is 0 Å². The molecule has 0 atom stereocenters. The van der Waals surface area contributed by atoms with Gasteiger partial charge in [0.15, 0.2) is 9.84 Å². The van der Waals surface area contributed by atoms with Crippen molar-refractivity contribution in [2.45, 2.75) is 11.5 Å². The molecule has 1 heterocycles. The monoisotopic (exact) mass is 346 g/mol. The van der Waals surface area contributed by atoms with E-state index in [9.17, 15) is 13.2 Å². The number of hydrogen-bond acceptors (Lipinski definition) is 5. The van der Waals surface area contributed by atoms with Crippen molar-refractivity contribution < 1.29 is 17.9 Å². The average Bonchev–Trinajstić information content (AvgIpc) is 2.95. The van der Waals surface area contributed by atoms with E-state index in [1.807, 2.05) is 29.6 Å². The number of carbonyl (C=O) groups excluding carboxylic acids is 1. The third-order valence-corrected chi connectivity index (χ3v) is 5.54. The molecule has 0 amide bonds. The van der Waals surface area contributed by atoms with E-state index in [2.05, 4.69) is 0 Å². The lowest BCUT2D eigenvalue weighted by atomic mass is 10.2. The Morgan fingerprint density at radius 2 is 1.91 bits per heavy atom. The van der Waals surface area contributed by atoms with Gasteiger partial charge < -0.3 is 4.74 Å². The van der Waals surface area contributed by atoms with Crippen LogP contribution in [0.25, 0.3) is 10.1 Å². The molecule has 0 aliphatic rings. The molecule has 0 N–H and O–H groups in total. The van der Waals surface area contributed by atoms with Crippen molar-refractivity contribution >= 4 is 37.2 Å². The molecule has 23 heavy (non-hydrogen) atoms. The number of esters is 1. The second-order valence-electron chi connectivity index (χ2n) is 5.13. The second-order valence-corrected chi connectivity index (χ2v) is 8.06. The van der Waals surface area contributed by atoms with Crippen molar-refractivity contribution in [3.8, 4) is 0 Å². The maximum absolute atomic E-state index is 12.1. The molecular weight excluding hydrogens is 332 g/mol.